The zero-order chi connectivity index (χ0) is 37.6. The fraction of sp³-hybridized carbons (Fsp3) is 0.517. The van der Waals surface area contributed by atoms with Crippen LogP contribution >= 0.6 is 0 Å². The first kappa shape index (κ1) is 34.1. The molecule has 0 heteroatoms. The summed E-state index contributed by atoms with van der Waals surface area (Å²) in [5.74, 6) is 15.7. The molecule has 19 unspecified atom stereocenters. The van der Waals surface area contributed by atoms with Crippen LogP contribution in [0.4, 0.5) is 0 Å². The molecule has 3 aromatic rings. The summed E-state index contributed by atoms with van der Waals surface area (Å²) in [7, 11) is 0. The largest absolute Gasteiger partial charge is 0.0882 e. The molecule has 3 aromatic carbocycles. The van der Waals surface area contributed by atoms with Gasteiger partial charge >= 0.3 is 0 Å². The van der Waals surface area contributed by atoms with Gasteiger partial charge in [-0.05, 0) is 192 Å². The summed E-state index contributed by atoms with van der Waals surface area (Å²) in [4.78, 5) is 0. The van der Waals surface area contributed by atoms with E-state index in [1.165, 1.54) is 81.8 Å². The molecule has 0 heterocycles. The molecule has 58 heavy (non-hydrogen) atoms. The van der Waals surface area contributed by atoms with E-state index in [9.17, 15) is 0 Å². The van der Waals surface area contributed by atoms with E-state index in [-0.39, 0.29) is 0 Å². The monoisotopic (exact) mass is 758 g/mol. The summed E-state index contributed by atoms with van der Waals surface area (Å²) in [6, 6.07) is 34.1. The van der Waals surface area contributed by atoms with Gasteiger partial charge in [0, 0.05) is 11.8 Å². The summed E-state index contributed by atoms with van der Waals surface area (Å²) in [6.07, 6.45) is 34.2. The van der Waals surface area contributed by atoms with Crippen molar-refractivity contribution in [2.24, 2.45) is 101 Å². The van der Waals surface area contributed by atoms with Gasteiger partial charge in [0.05, 0.1) is 0 Å². The molecule has 294 valence electrons. The quantitative estimate of drug-likeness (QED) is 0.233. The van der Waals surface area contributed by atoms with E-state index >= 15 is 0 Å². The fourth-order valence-corrected chi connectivity index (χ4v) is 19.5. The van der Waals surface area contributed by atoms with Crippen LogP contribution in [0.5, 0.6) is 0 Å². The molecule has 0 aromatic heterocycles. The summed E-state index contributed by atoms with van der Waals surface area (Å²) in [5.41, 5.74) is 11.5. The molecule has 0 spiro atoms. The van der Waals surface area contributed by atoms with Crippen molar-refractivity contribution < 1.29 is 0 Å². The molecule has 7 fully saturated rings. The minimum absolute atomic E-state index is 0.525. The number of allylic oxidation sites excluding steroid dienone is 10. The van der Waals surface area contributed by atoms with Gasteiger partial charge in [-0.25, -0.2) is 0 Å². The van der Waals surface area contributed by atoms with E-state index in [1.54, 1.807) is 22.3 Å². The molecular weight excluding hydrogens is 697 g/mol. The van der Waals surface area contributed by atoms with Crippen LogP contribution in [-0.4, -0.2) is 0 Å². The Hall–Kier alpha value is -3.64. The van der Waals surface area contributed by atoms with Crippen LogP contribution < -0.4 is 0 Å². The highest BCUT2D eigenvalue weighted by Gasteiger charge is 2.69. The molecular formula is C58H62. The van der Waals surface area contributed by atoms with E-state index in [0.717, 1.165) is 101 Å². The van der Waals surface area contributed by atoms with Crippen molar-refractivity contribution in [2.45, 2.75) is 82.5 Å². The molecule has 14 rings (SSSR count). The fourth-order valence-electron chi connectivity index (χ4n) is 19.5. The zero-order valence-electron chi connectivity index (χ0n) is 34.4. The van der Waals surface area contributed by atoms with Crippen LogP contribution in [0.2, 0.25) is 0 Å². The number of hydrogen-bond acceptors (Lipinski definition) is 0. The van der Waals surface area contributed by atoms with Gasteiger partial charge in [0.2, 0.25) is 0 Å². The lowest BCUT2D eigenvalue weighted by Crippen LogP contribution is -2.54. The first-order valence-corrected chi connectivity index (χ1v) is 24.5. The highest BCUT2D eigenvalue weighted by molar-refractivity contribution is 5.97. The first-order chi connectivity index (χ1) is 28.8. The van der Waals surface area contributed by atoms with Crippen molar-refractivity contribution in [3.8, 4) is 0 Å². The summed E-state index contributed by atoms with van der Waals surface area (Å²) >= 11 is 0. The number of rotatable bonds is 3. The lowest BCUT2D eigenvalue weighted by atomic mass is 9.43. The highest BCUT2D eigenvalue weighted by atomic mass is 14.7. The third-order valence-electron chi connectivity index (χ3n) is 20.5. The van der Waals surface area contributed by atoms with Crippen molar-refractivity contribution >= 4 is 11.1 Å². The molecule has 11 aliphatic rings. The second-order valence-electron chi connectivity index (χ2n) is 21.8. The van der Waals surface area contributed by atoms with Gasteiger partial charge < -0.3 is 0 Å². The van der Waals surface area contributed by atoms with Crippen molar-refractivity contribution in [1.82, 2.24) is 0 Å². The summed E-state index contributed by atoms with van der Waals surface area (Å²) in [6.45, 7) is 0. The van der Waals surface area contributed by atoms with Crippen LogP contribution in [0.25, 0.3) is 11.1 Å². The Morgan fingerprint density at radius 2 is 1.07 bits per heavy atom. The molecule has 0 aliphatic heterocycles. The van der Waals surface area contributed by atoms with Crippen molar-refractivity contribution in [3.05, 3.63) is 155 Å². The lowest BCUT2D eigenvalue weighted by molar-refractivity contribution is -0.0854. The summed E-state index contributed by atoms with van der Waals surface area (Å²) in [5, 5.41) is 0. The maximum Gasteiger partial charge on any atom is 0.0202 e. The first-order valence-electron chi connectivity index (χ1n) is 24.5. The minimum atomic E-state index is 0.525. The van der Waals surface area contributed by atoms with Crippen LogP contribution in [-0.2, 0) is 0 Å². The molecule has 0 amide bonds. The Labute approximate surface area is 348 Å². The van der Waals surface area contributed by atoms with E-state index in [0.29, 0.717) is 11.8 Å². The SMILES string of the molecule is C1=CC2C(C3CCC4C5C3CCCC5C3C(c5ccccc5)C5C(CC6C7CCC=CC7C7CCCC5C76)C(c5ccccc5)C43)=CC=C3c4ccccc4C(=C1)C32. The number of benzene rings is 3. The number of hydrogen-bond donors (Lipinski definition) is 0. The smallest absolute Gasteiger partial charge is 0.0202 e. The Kier molecular flexibility index (Phi) is 7.61. The average molecular weight is 759 g/mol. The maximum atomic E-state index is 2.76. The molecule has 0 N–H and O–H groups in total. The van der Waals surface area contributed by atoms with Gasteiger partial charge in [-0.3, -0.25) is 0 Å². The van der Waals surface area contributed by atoms with Gasteiger partial charge in [-0.15, -0.1) is 0 Å². The third-order valence-corrected chi connectivity index (χ3v) is 20.5. The van der Waals surface area contributed by atoms with Gasteiger partial charge in [-0.1, -0.05) is 146 Å². The molecule has 0 nitrogen and oxygen atoms in total. The van der Waals surface area contributed by atoms with Crippen LogP contribution in [0.1, 0.15) is 105 Å². The van der Waals surface area contributed by atoms with E-state index in [1.807, 2.05) is 5.57 Å². The van der Waals surface area contributed by atoms with Gasteiger partial charge in [-0.2, -0.15) is 0 Å². The predicted octanol–water partition coefficient (Wildman–Crippen LogP) is 14.0. The van der Waals surface area contributed by atoms with Gasteiger partial charge in [0.15, 0.2) is 0 Å². The van der Waals surface area contributed by atoms with Gasteiger partial charge in [0.25, 0.3) is 0 Å². The molecule has 19 atom stereocenters. The normalized spacial score (nSPS) is 46.9. The molecule has 7 saturated carbocycles. The zero-order valence-corrected chi connectivity index (χ0v) is 34.4. The molecule has 0 saturated heterocycles. The average Bonchev–Trinajstić information content (AvgIpc) is 3.92. The Morgan fingerprint density at radius 3 is 1.86 bits per heavy atom. The van der Waals surface area contributed by atoms with Crippen molar-refractivity contribution in [2.75, 3.05) is 0 Å². The molecule has 0 radical (unpaired) electrons. The Balaban J connectivity index is 0.902. The van der Waals surface area contributed by atoms with Crippen molar-refractivity contribution in [1.29, 1.82) is 0 Å². The maximum absolute atomic E-state index is 2.76. The van der Waals surface area contributed by atoms with E-state index in [4.69, 9.17) is 0 Å². The number of fused-ring (bicyclic) bond motifs is 11. The second-order valence-corrected chi connectivity index (χ2v) is 21.8. The summed E-state index contributed by atoms with van der Waals surface area (Å²) < 4.78 is 0. The van der Waals surface area contributed by atoms with E-state index < -0.39 is 0 Å². The molecule has 11 aliphatic carbocycles. The van der Waals surface area contributed by atoms with Crippen LogP contribution in [0.3, 0.4) is 0 Å². The second kappa shape index (κ2) is 12.9. The predicted molar refractivity (Wildman–Crippen MR) is 237 cm³/mol. The Morgan fingerprint density at radius 1 is 0.431 bits per heavy atom. The Bertz CT molecular complexity index is 2270. The topological polar surface area (TPSA) is 0 Å². The van der Waals surface area contributed by atoms with Crippen LogP contribution in [0, 0.1) is 101 Å². The van der Waals surface area contributed by atoms with Gasteiger partial charge in [0.1, 0.15) is 0 Å². The lowest BCUT2D eigenvalue weighted by Gasteiger charge is -2.61. The minimum Gasteiger partial charge on any atom is -0.0882 e. The standard InChI is InChI=1S/C58H62/c1-3-14-33(15-4-1)51-50-32-49-38-21-10-9-20-37(38)42-24-12-26-46(55(42)49)56(50)52(34-16-5-2-6-17-34)58-47-27-13-25-44-40(29-31-48(54(44)47)57(51)58)39-28-30-45-36-19-8-7-18-35(36)41-22-11-23-43(39)53(41)45/h1-9,11,14-20,22-23,28,30,37-38,40,42-44,46-58H,10,12-13,21,24-27,29,31-32H2. The van der Waals surface area contributed by atoms with E-state index in [2.05, 4.69) is 127 Å². The molecule has 0 bridgehead atoms. The van der Waals surface area contributed by atoms with Crippen LogP contribution in [0.15, 0.2) is 133 Å². The van der Waals surface area contributed by atoms with Crippen molar-refractivity contribution in [3.63, 3.8) is 0 Å². The highest BCUT2D eigenvalue weighted by Crippen LogP contribution is 2.76. The third kappa shape index (κ3) is 4.54.